The van der Waals surface area contributed by atoms with Gasteiger partial charge in [0.15, 0.2) is 0 Å². The van der Waals surface area contributed by atoms with Crippen molar-refractivity contribution in [2.24, 2.45) is 11.1 Å². The zero-order chi connectivity index (χ0) is 12.5. The molecule has 0 spiro atoms. The molecule has 2 rings (SSSR count). The summed E-state index contributed by atoms with van der Waals surface area (Å²) in [5.74, 6) is 0. The van der Waals surface area contributed by atoms with Gasteiger partial charge in [-0.25, -0.2) is 0 Å². The van der Waals surface area contributed by atoms with E-state index >= 15 is 0 Å². The zero-order valence-corrected chi connectivity index (χ0v) is 10.2. The molecule has 1 atom stereocenters. The van der Waals surface area contributed by atoms with Gasteiger partial charge in [0.05, 0.1) is 11.6 Å². The van der Waals surface area contributed by atoms with Crippen molar-refractivity contribution < 1.29 is 5.11 Å². The first-order valence-corrected chi connectivity index (χ1v) is 5.78. The van der Waals surface area contributed by atoms with Gasteiger partial charge in [0.2, 0.25) is 0 Å². The molecule has 2 aromatic rings. The van der Waals surface area contributed by atoms with Gasteiger partial charge < -0.3 is 10.8 Å². The molecule has 1 unspecified atom stereocenters. The number of nitrogens with zero attached hydrogens (tertiary/aromatic N) is 1. The number of hydrogen-bond acceptors (Lipinski definition) is 3. The van der Waals surface area contributed by atoms with Gasteiger partial charge in [-0.1, -0.05) is 38.1 Å². The summed E-state index contributed by atoms with van der Waals surface area (Å²) >= 11 is 0. The van der Waals surface area contributed by atoms with E-state index in [-0.39, 0.29) is 5.41 Å². The highest BCUT2D eigenvalue weighted by Crippen LogP contribution is 2.34. The summed E-state index contributed by atoms with van der Waals surface area (Å²) in [5, 5.41) is 11.5. The number of fused-ring (bicyclic) bond motifs is 1. The van der Waals surface area contributed by atoms with Gasteiger partial charge in [-0.05, 0) is 6.07 Å². The van der Waals surface area contributed by atoms with Crippen LogP contribution in [0.25, 0.3) is 10.9 Å². The monoisotopic (exact) mass is 230 g/mol. The first-order chi connectivity index (χ1) is 8.06. The van der Waals surface area contributed by atoms with Crippen LogP contribution in [0.3, 0.4) is 0 Å². The first-order valence-electron chi connectivity index (χ1n) is 5.78. The lowest BCUT2D eigenvalue weighted by atomic mass is 9.82. The summed E-state index contributed by atoms with van der Waals surface area (Å²) in [6.45, 7) is 4.34. The third-order valence-electron chi connectivity index (χ3n) is 3.22. The third-order valence-corrected chi connectivity index (χ3v) is 3.22. The molecule has 0 bridgehead atoms. The number of pyridine rings is 1. The van der Waals surface area contributed by atoms with Gasteiger partial charge in [-0.15, -0.1) is 0 Å². The van der Waals surface area contributed by atoms with E-state index in [0.29, 0.717) is 6.54 Å². The average Bonchev–Trinajstić information content (AvgIpc) is 2.37. The molecule has 3 heteroatoms. The van der Waals surface area contributed by atoms with Crippen LogP contribution in [-0.4, -0.2) is 16.6 Å². The van der Waals surface area contributed by atoms with Crippen molar-refractivity contribution in [1.82, 2.24) is 4.98 Å². The molecular weight excluding hydrogens is 212 g/mol. The fourth-order valence-corrected chi connectivity index (χ4v) is 1.88. The lowest BCUT2D eigenvalue weighted by Crippen LogP contribution is -2.30. The molecular formula is C14H18N2O. The van der Waals surface area contributed by atoms with Crippen molar-refractivity contribution in [2.75, 3.05) is 6.54 Å². The van der Waals surface area contributed by atoms with Crippen molar-refractivity contribution in [2.45, 2.75) is 20.0 Å². The van der Waals surface area contributed by atoms with Crippen molar-refractivity contribution in [1.29, 1.82) is 0 Å². The average molecular weight is 230 g/mol. The van der Waals surface area contributed by atoms with E-state index in [1.165, 1.54) is 0 Å². The van der Waals surface area contributed by atoms with Crippen LogP contribution in [0.4, 0.5) is 0 Å². The molecule has 90 valence electrons. The molecule has 0 aliphatic carbocycles. The molecule has 0 amide bonds. The first kappa shape index (κ1) is 12.0. The fraction of sp³-hybridized carbons (Fsp3) is 0.357. The van der Waals surface area contributed by atoms with Gasteiger partial charge in [0, 0.05) is 29.1 Å². The normalized spacial score (nSPS) is 13.9. The Morgan fingerprint density at radius 1 is 1.29 bits per heavy atom. The van der Waals surface area contributed by atoms with Crippen molar-refractivity contribution >= 4 is 10.9 Å². The minimum Gasteiger partial charge on any atom is -0.388 e. The van der Waals surface area contributed by atoms with Crippen LogP contribution in [0.1, 0.15) is 25.5 Å². The molecule has 0 saturated carbocycles. The Balaban J connectivity index is 2.56. The van der Waals surface area contributed by atoms with E-state index in [9.17, 15) is 5.11 Å². The van der Waals surface area contributed by atoms with Crippen LogP contribution in [0.15, 0.2) is 36.5 Å². The van der Waals surface area contributed by atoms with Gasteiger partial charge >= 0.3 is 0 Å². The second-order valence-corrected chi connectivity index (χ2v) is 5.02. The van der Waals surface area contributed by atoms with Gasteiger partial charge in [-0.3, -0.25) is 4.98 Å². The summed E-state index contributed by atoms with van der Waals surface area (Å²) < 4.78 is 0. The number of para-hydroxylation sites is 1. The second kappa shape index (κ2) is 4.43. The Kier molecular flexibility index (Phi) is 3.13. The van der Waals surface area contributed by atoms with Crippen LogP contribution >= 0.6 is 0 Å². The van der Waals surface area contributed by atoms with Crippen LogP contribution in [0, 0.1) is 5.41 Å². The third kappa shape index (κ3) is 2.16. The number of hydrogen-bond donors (Lipinski definition) is 2. The van der Waals surface area contributed by atoms with E-state index in [1.54, 1.807) is 6.20 Å². The summed E-state index contributed by atoms with van der Waals surface area (Å²) in [6.07, 6.45) is 1.14. The predicted octanol–water partition coefficient (Wildman–Crippen LogP) is 2.25. The Labute approximate surface area is 101 Å². The molecule has 1 heterocycles. The quantitative estimate of drug-likeness (QED) is 0.850. The molecule has 0 aliphatic heterocycles. The Hall–Kier alpha value is -1.45. The number of rotatable bonds is 3. The molecule has 0 aliphatic rings. The van der Waals surface area contributed by atoms with E-state index < -0.39 is 6.10 Å². The molecule has 0 fully saturated rings. The fourth-order valence-electron chi connectivity index (χ4n) is 1.88. The van der Waals surface area contributed by atoms with Crippen LogP contribution in [0.5, 0.6) is 0 Å². The summed E-state index contributed by atoms with van der Waals surface area (Å²) in [4.78, 5) is 4.35. The minimum absolute atomic E-state index is 0.355. The highest BCUT2D eigenvalue weighted by atomic mass is 16.3. The molecule has 0 radical (unpaired) electrons. The van der Waals surface area contributed by atoms with Gasteiger partial charge in [0.25, 0.3) is 0 Å². The lowest BCUT2D eigenvalue weighted by Gasteiger charge is -2.29. The number of nitrogens with two attached hydrogens (primary N) is 1. The minimum atomic E-state index is -0.605. The summed E-state index contributed by atoms with van der Waals surface area (Å²) in [5.41, 5.74) is 7.05. The van der Waals surface area contributed by atoms with E-state index in [0.717, 1.165) is 16.5 Å². The molecule has 1 aromatic carbocycles. The Morgan fingerprint density at radius 3 is 2.71 bits per heavy atom. The predicted molar refractivity (Wildman–Crippen MR) is 69.5 cm³/mol. The second-order valence-electron chi connectivity index (χ2n) is 5.02. The van der Waals surface area contributed by atoms with Crippen LogP contribution < -0.4 is 5.73 Å². The Morgan fingerprint density at radius 2 is 2.00 bits per heavy atom. The van der Waals surface area contributed by atoms with Gasteiger partial charge in [0.1, 0.15) is 0 Å². The number of aliphatic hydroxyl groups is 1. The van der Waals surface area contributed by atoms with E-state index in [1.807, 2.05) is 44.2 Å². The maximum Gasteiger partial charge on any atom is 0.0874 e. The summed E-state index contributed by atoms with van der Waals surface area (Å²) in [7, 11) is 0. The standard InChI is InChI=1S/C14H18N2O/c1-14(2,9-15)13(17)11-7-3-5-10-6-4-8-16-12(10)11/h3-8,13,17H,9,15H2,1-2H3. The molecule has 17 heavy (non-hydrogen) atoms. The Bertz CT molecular complexity index is 517. The molecule has 3 N–H and O–H groups in total. The number of aromatic nitrogens is 1. The van der Waals surface area contributed by atoms with Crippen molar-refractivity contribution in [3.05, 3.63) is 42.1 Å². The van der Waals surface area contributed by atoms with Crippen molar-refractivity contribution in [3.63, 3.8) is 0 Å². The maximum atomic E-state index is 10.4. The van der Waals surface area contributed by atoms with Gasteiger partial charge in [-0.2, -0.15) is 0 Å². The molecule has 0 saturated heterocycles. The van der Waals surface area contributed by atoms with Crippen LogP contribution in [-0.2, 0) is 0 Å². The number of benzene rings is 1. The SMILES string of the molecule is CC(C)(CN)C(O)c1cccc2cccnc12. The molecule has 1 aromatic heterocycles. The van der Waals surface area contributed by atoms with Crippen LogP contribution in [0.2, 0.25) is 0 Å². The van der Waals surface area contributed by atoms with E-state index in [4.69, 9.17) is 5.73 Å². The topological polar surface area (TPSA) is 59.1 Å². The maximum absolute atomic E-state index is 10.4. The highest BCUT2D eigenvalue weighted by molar-refractivity contribution is 5.81. The number of aliphatic hydroxyl groups excluding tert-OH is 1. The largest absolute Gasteiger partial charge is 0.388 e. The lowest BCUT2D eigenvalue weighted by molar-refractivity contribution is 0.0566. The highest BCUT2D eigenvalue weighted by Gasteiger charge is 2.29. The smallest absolute Gasteiger partial charge is 0.0874 e. The van der Waals surface area contributed by atoms with E-state index in [2.05, 4.69) is 4.98 Å². The molecule has 3 nitrogen and oxygen atoms in total. The summed E-state index contributed by atoms with van der Waals surface area (Å²) in [6, 6.07) is 9.74. The van der Waals surface area contributed by atoms with Crippen molar-refractivity contribution in [3.8, 4) is 0 Å². The zero-order valence-electron chi connectivity index (χ0n) is 10.2.